The van der Waals surface area contributed by atoms with Crippen LogP contribution in [0, 0.1) is 0 Å². The van der Waals surface area contributed by atoms with E-state index in [-0.39, 0.29) is 0 Å². The number of hydrogen-bond donors (Lipinski definition) is 0. The Morgan fingerprint density at radius 2 is 1.85 bits per heavy atom. The molecule has 78 valence electrons. The lowest BCUT2D eigenvalue weighted by Crippen LogP contribution is -2.14. The molecular formula is C11H22ClN. The Morgan fingerprint density at radius 3 is 2.23 bits per heavy atom. The van der Waals surface area contributed by atoms with Gasteiger partial charge in [0.15, 0.2) is 0 Å². The third-order valence-electron chi connectivity index (χ3n) is 2.10. The van der Waals surface area contributed by atoms with E-state index in [1.807, 2.05) is 0 Å². The average molecular weight is 204 g/mol. The summed E-state index contributed by atoms with van der Waals surface area (Å²) in [6.45, 7) is 5.28. The summed E-state index contributed by atoms with van der Waals surface area (Å²) in [5.41, 5.74) is 1.43. The molecule has 0 heterocycles. The molecular weight excluding hydrogens is 182 g/mol. The molecule has 0 spiro atoms. The van der Waals surface area contributed by atoms with E-state index in [2.05, 4.69) is 32.8 Å². The molecule has 0 N–H and O–H groups in total. The highest BCUT2D eigenvalue weighted by molar-refractivity contribution is 6.30. The van der Waals surface area contributed by atoms with Crippen LogP contribution in [0.25, 0.3) is 0 Å². The van der Waals surface area contributed by atoms with Crippen LogP contribution in [0.15, 0.2) is 10.6 Å². The molecule has 0 aliphatic rings. The molecule has 0 rings (SSSR count). The van der Waals surface area contributed by atoms with Gasteiger partial charge in [-0.3, -0.25) is 0 Å². The molecule has 0 fully saturated rings. The van der Waals surface area contributed by atoms with Gasteiger partial charge in [-0.2, -0.15) is 0 Å². The van der Waals surface area contributed by atoms with Crippen molar-refractivity contribution in [3.8, 4) is 0 Å². The van der Waals surface area contributed by atoms with Gasteiger partial charge in [-0.25, -0.2) is 0 Å². The lowest BCUT2D eigenvalue weighted by atomic mass is 10.1. The van der Waals surface area contributed by atoms with E-state index in [1.54, 1.807) is 0 Å². The quantitative estimate of drug-likeness (QED) is 0.637. The monoisotopic (exact) mass is 203 g/mol. The summed E-state index contributed by atoms with van der Waals surface area (Å²) in [5, 5.41) is 1.04. The second-order valence-corrected chi connectivity index (χ2v) is 4.16. The van der Waals surface area contributed by atoms with E-state index in [4.69, 9.17) is 11.6 Å². The van der Waals surface area contributed by atoms with Crippen LogP contribution in [0.3, 0.4) is 0 Å². The molecule has 0 atom stereocenters. The Labute approximate surface area is 87.8 Å². The maximum atomic E-state index is 6.22. The topological polar surface area (TPSA) is 3.24 Å². The summed E-state index contributed by atoms with van der Waals surface area (Å²) in [6.07, 6.45) is 4.76. The molecule has 13 heavy (non-hydrogen) atoms. The minimum atomic E-state index is 0.883. The second-order valence-electron chi connectivity index (χ2n) is 3.70. The van der Waals surface area contributed by atoms with Gasteiger partial charge in [0, 0.05) is 11.6 Å². The molecule has 0 radical (unpaired) electrons. The molecule has 0 saturated heterocycles. The molecule has 0 aliphatic heterocycles. The van der Waals surface area contributed by atoms with E-state index in [1.165, 1.54) is 24.8 Å². The fraction of sp³-hybridized carbons (Fsp3) is 0.818. The van der Waals surface area contributed by atoms with Crippen LogP contribution >= 0.6 is 11.6 Å². The first kappa shape index (κ1) is 13.0. The van der Waals surface area contributed by atoms with Crippen LogP contribution in [0.1, 0.15) is 39.5 Å². The zero-order valence-corrected chi connectivity index (χ0v) is 10.1. The fourth-order valence-electron chi connectivity index (χ4n) is 1.28. The molecule has 0 bridgehead atoms. The minimum Gasteiger partial charge on any atom is -0.304 e. The average Bonchev–Trinajstić information content (AvgIpc) is 2.04. The smallest absolute Gasteiger partial charge is 0.0335 e. The van der Waals surface area contributed by atoms with Crippen LogP contribution in [-0.4, -0.2) is 25.5 Å². The molecule has 1 nitrogen and oxygen atoms in total. The van der Waals surface area contributed by atoms with Gasteiger partial charge in [0.1, 0.15) is 0 Å². The van der Waals surface area contributed by atoms with Crippen molar-refractivity contribution in [3.63, 3.8) is 0 Å². The zero-order chi connectivity index (χ0) is 10.3. The number of unbranched alkanes of at least 4 members (excludes halogenated alkanes) is 1. The molecule has 0 amide bonds. The van der Waals surface area contributed by atoms with E-state index < -0.39 is 0 Å². The van der Waals surface area contributed by atoms with Gasteiger partial charge in [0.25, 0.3) is 0 Å². The lowest BCUT2D eigenvalue weighted by Gasteiger charge is -2.12. The fourth-order valence-corrected chi connectivity index (χ4v) is 1.75. The third kappa shape index (κ3) is 6.11. The van der Waals surface area contributed by atoms with Crippen molar-refractivity contribution in [2.24, 2.45) is 0 Å². The van der Waals surface area contributed by atoms with Crippen molar-refractivity contribution < 1.29 is 0 Å². The summed E-state index contributed by atoms with van der Waals surface area (Å²) in [6, 6.07) is 0. The first-order valence-corrected chi connectivity index (χ1v) is 5.50. The molecule has 0 aliphatic carbocycles. The predicted octanol–water partition coefficient (Wildman–Crippen LogP) is 3.64. The SMILES string of the molecule is CCCC/C(CC)=C(/Cl)CN(C)C. The van der Waals surface area contributed by atoms with Crippen molar-refractivity contribution in [2.45, 2.75) is 39.5 Å². The maximum absolute atomic E-state index is 6.22. The van der Waals surface area contributed by atoms with Gasteiger partial charge in [-0.1, -0.05) is 37.4 Å². The van der Waals surface area contributed by atoms with E-state index in [9.17, 15) is 0 Å². The normalized spacial score (nSPS) is 13.4. The Morgan fingerprint density at radius 1 is 1.23 bits per heavy atom. The molecule has 2 heteroatoms. The number of likely N-dealkylation sites (N-methyl/N-ethyl adjacent to an activating group) is 1. The van der Waals surface area contributed by atoms with E-state index in [0.29, 0.717) is 0 Å². The van der Waals surface area contributed by atoms with Crippen molar-refractivity contribution >= 4 is 11.6 Å². The number of hydrogen-bond acceptors (Lipinski definition) is 1. The van der Waals surface area contributed by atoms with Gasteiger partial charge < -0.3 is 4.90 Å². The predicted molar refractivity (Wildman–Crippen MR) is 61.2 cm³/mol. The van der Waals surface area contributed by atoms with Crippen LogP contribution < -0.4 is 0 Å². The van der Waals surface area contributed by atoms with Crippen molar-refractivity contribution in [1.82, 2.24) is 4.90 Å². The standard InChI is InChI=1S/C11H22ClN/c1-5-7-8-10(6-2)11(12)9-13(3)4/h5-9H2,1-4H3/b11-10+. The van der Waals surface area contributed by atoms with Gasteiger partial charge in [-0.05, 0) is 33.4 Å². The summed E-state index contributed by atoms with van der Waals surface area (Å²) in [5.74, 6) is 0. The molecule has 0 saturated carbocycles. The molecule has 0 unspecified atom stereocenters. The van der Waals surface area contributed by atoms with Gasteiger partial charge >= 0.3 is 0 Å². The number of allylic oxidation sites excluding steroid dienone is 1. The summed E-state index contributed by atoms with van der Waals surface area (Å²) in [4.78, 5) is 2.12. The van der Waals surface area contributed by atoms with Crippen LogP contribution in [-0.2, 0) is 0 Å². The summed E-state index contributed by atoms with van der Waals surface area (Å²) in [7, 11) is 4.10. The third-order valence-corrected chi connectivity index (χ3v) is 2.48. The summed E-state index contributed by atoms with van der Waals surface area (Å²) >= 11 is 6.22. The van der Waals surface area contributed by atoms with Gasteiger partial charge in [-0.15, -0.1) is 0 Å². The Kier molecular flexibility index (Phi) is 7.39. The largest absolute Gasteiger partial charge is 0.304 e. The van der Waals surface area contributed by atoms with Crippen molar-refractivity contribution in [3.05, 3.63) is 10.6 Å². The Balaban J connectivity index is 4.13. The van der Waals surface area contributed by atoms with Crippen molar-refractivity contribution in [1.29, 1.82) is 0 Å². The number of nitrogens with zero attached hydrogens (tertiary/aromatic N) is 1. The highest BCUT2D eigenvalue weighted by Gasteiger charge is 2.03. The van der Waals surface area contributed by atoms with Crippen LogP contribution in [0.2, 0.25) is 0 Å². The number of halogens is 1. The zero-order valence-electron chi connectivity index (χ0n) is 9.36. The molecule has 0 aromatic carbocycles. The summed E-state index contributed by atoms with van der Waals surface area (Å²) < 4.78 is 0. The Bertz CT molecular complexity index is 161. The van der Waals surface area contributed by atoms with Crippen LogP contribution in [0.4, 0.5) is 0 Å². The maximum Gasteiger partial charge on any atom is 0.0335 e. The highest BCUT2D eigenvalue weighted by atomic mass is 35.5. The molecule has 0 aromatic rings. The number of rotatable bonds is 6. The van der Waals surface area contributed by atoms with Gasteiger partial charge in [0.05, 0.1) is 0 Å². The molecule has 0 aromatic heterocycles. The first-order chi connectivity index (χ1) is 6.11. The van der Waals surface area contributed by atoms with E-state index in [0.717, 1.165) is 18.0 Å². The van der Waals surface area contributed by atoms with Crippen LogP contribution in [0.5, 0.6) is 0 Å². The minimum absolute atomic E-state index is 0.883. The van der Waals surface area contributed by atoms with Crippen molar-refractivity contribution in [2.75, 3.05) is 20.6 Å². The lowest BCUT2D eigenvalue weighted by molar-refractivity contribution is 0.450. The second kappa shape index (κ2) is 7.40. The van der Waals surface area contributed by atoms with E-state index >= 15 is 0 Å². The highest BCUT2D eigenvalue weighted by Crippen LogP contribution is 2.19. The Hall–Kier alpha value is -0.0100. The van der Waals surface area contributed by atoms with Gasteiger partial charge in [0.2, 0.25) is 0 Å². The first-order valence-electron chi connectivity index (χ1n) is 5.12.